The highest BCUT2D eigenvalue weighted by molar-refractivity contribution is 6.33. The number of nitrogens with zero attached hydrogens (tertiary/aromatic N) is 1. The van der Waals surface area contributed by atoms with Crippen LogP contribution in [0, 0.1) is 5.92 Å². The highest BCUT2D eigenvalue weighted by Gasteiger charge is 2.37. The summed E-state index contributed by atoms with van der Waals surface area (Å²) in [4.78, 5) is 59.9. The molecule has 0 bridgehead atoms. The van der Waals surface area contributed by atoms with Crippen molar-refractivity contribution in [2.75, 3.05) is 23.8 Å². The average molecular weight is 473 g/mol. The predicted molar refractivity (Wildman–Crippen MR) is 119 cm³/mol. The fourth-order valence-corrected chi connectivity index (χ4v) is 3.32. The molecule has 2 aromatic rings. The van der Waals surface area contributed by atoms with E-state index < -0.39 is 36.2 Å². The molecule has 1 atom stereocenters. The molecule has 0 saturated carbocycles. The fourth-order valence-electron chi connectivity index (χ4n) is 3.09. The van der Waals surface area contributed by atoms with Gasteiger partial charge >= 0.3 is 5.97 Å². The van der Waals surface area contributed by atoms with Crippen LogP contribution in [0.4, 0.5) is 11.4 Å². The standard InChI is InChI=1S/C22H21ClN4O6/c1-13(28)24-15-6-8-16(9-7-15)25-19(29)12-33-22(32)14-10-20(30)27(11-14)26-21(31)17-4-2-3-5-18(17)23/h2-9,14H,10-12H2,1H3,(H,24,28)(H,25,29)(H,26,31)/t14-/m1/s1. The van der Waals surface area contributed by atoms with E-state index in [1.54, 1.807) is 42.5 Å². The number of anilines is 2. The Morgan fingerprint density at radius 2 is 1.67 bits per heavy atom. The molecule has 2 aromatic carbocycles. The molecule has 1 heterocycles. The second-order valence-corrected chi connectivity index (χ2v) is 7.65. The molecule has 4 amide bonds. The number of amides is 4. The van der Waals surface area contributed by atoms with E-state index >= 15 is 0 Å². The average Bonchev–Trinajstić information content (AvgIpc) is 3.13. The van der Waals surface area contributed by atoms with Gasteiger partial charge in [-0.3, -0.25) is 34.4 Å². The number of hydrogen-bond donors (Lipinski definition) is 3. The number of carbonyl (C=O) groups excluding carboxylic acids is 5. The first kappa shape index (κ1) is 23.7. The van der Waals surface area contributed by atoms with Gasteiger partial charge in [-0.1, -0.05) is 23.7 Å². The van der Waals surface area contributed by atoms with Gasteiger partial charge in [0.05, 0.1) is 23.0 Å². The number of hydrogen-bond acceptors (Lipinski definition) is 6. The molecule has 1 aliphatic heterocycles. The van der Waals surface area contributed by atoms with Crippen LogP contribution < -0.4 is 16.1 Å². The number of carbonyl (C=O) groups is 5. The molecule has 1 saturated heterocycles. The lowest BCUT2D eigenvalue weighted by molar-refractivity contribution is -0.151. The Morgan fingerprint density at radius 3 is 2.30 bits per heavy atom. The summed E-state index contributed by atoms with van der Waals surface area (Å²) in [6.07, 6.45) is -0.159. The van der Waals surface area contributed by atoms with Crippen LogP contribution >= 0.6 is 11.6 Å². The second kappa shape index (κ2) is 10.6. The number of ether oxygens (including phenoxy) is 1. The Bertz CT molecular complexity index is 1090. The topological polar surface area (TPSA) is 134 Å². The maximum absolute atomic E-state index is 12.3. The molecule has 3 N–H and O–H groups in total. The van der Waals surface area contributed by atoms with Gasteiger partial charge in [0.25, 0.3) is 11.8 Å². The Balaban J connectivity index is 1.46. The van der Waals surface area contributed by atoms with Gasteiger partial charge in [-0.15, -0.1) is 0 Å². The smallest absolute Gasteiger partial charge is 0.311 e. The summed E-state index contributed by atoms with van der Waals surface area (Å²) in [5.41, 5.74) is 3.65. The fraction of sp³-hybridized carbons (Fsp3) is 0.227. The largest absolute Gasteiger partial charge is 0.455 e. The van der Waals surface area contributed by atoms with Crippen LogP contribution in [0.1, 0.15) is 23.7 Å². The lowest BCUT2D eigenvalue weighted by Gasteiger charge is -2.18. The van der Waals surface area contributed by atoms with Gasteiger partial charge in [0, 0.05) is 24.7 Å². The van der Waals surface area contributed by atoms with Crippen LogP contribution in [-0.4, -0.2) is 47.8 Å². The number of esters is 1. The minimum Gasteiger partial charge on any atom is -0.455 e. The van der Waals surface area contributed by atoms with E-state index in [4.69, 9.17) is 16.3 Å². The first-order chi connectivity index (χ1) is 15.7. The number of hydrazine groups is 1. The van der Waals surface area contributed by atoms with Crippen molar-refractivity contribution in [2.45, 2.75) is 13.3 Å². The van der Waals surface area contributed by atoms with E-state index in [1.807, 2.05) is 0 Å². The summed E-state index contributed by atoms with van der Waals surface area (Å²) in [6, 6.07) is 12.7. The number of benzene rings is 2. The summed E-state index contributed by atoms with van der Waals surface area (Å²) in [5, 5.41) is 6.43. The molecular weight excluding hydrogens is 452 g/mol. The van der Waals surface area contributed by atoms with Gasteiger partial charge in [-0.25, -0.2) is 0 Å². The minimum absolute atomic E-state index is 0.0832. The predicted octanol–water partition coefficient (Wildman–Crippen LogP) is 1.97. The lowest BCUT2D eigenvalue weighted by atomic mass is 10.1. The Labute approximate surface area is 194 Å². The van der Waals surface area contributed by atoms with Gasteiger partial charge in [0.2, 0.25) is 11.8 Å². The summed E-state index contributed by atoms with van der Waals surface area (Å²) in [7, 11) is 0. The maximum atomic E-state index is 12.3. The summed E-state index contributed by atoms with van der Waals surface area (Å²) < 4.78 is 5.02. The Hall–Kier alpha value is -3.92. The molecular formula is C22H21ClN4O6. The SMILES string of the molecule is CC(=O)Nc1ccc(NC(=O)COC(=O)[C@@H]2CC(=O)N(NC(=O)c3ccccc3Cl)C2)cc1. The van der Waals surface area contributed by atoms with Crippen LogP contribution in [0.3, 0.4) is 0 Å². The van der Waals surface area contributed by atoms with Crippen molar-refractivity contribution in [1.82, 2.24) is 10.4 Å². The van der Waals surface area contributed by atoms with Crippen LogP contribution in [0.2, 0.25) is 5.02 Å². The Kier molecular flexibility index (Phi) is 7.62. The van der Waals surface area contributed by atoms with Gasteiger partial charge in [0.1, 0.15) is 0 Å². The lowest BCUT2D eigenvalue weighted by Crippen LogP contribution is -2.43. The van der Waals surface area contributed by atoms with Crippen molar-refractivity contribution < 1.29 is 28.7 Å². The zero-order valence-electron chi connectivity index (χ0n) is 17.6. The molecule has 1 aliphatic rings. The van der Waals surface area contributed by atoms with Gasteiger partial charge < -0.3 is 15.4 Å². The van der Waals surface area contributed by atoms with Gasteiger partial charge in [-0.05, 0) is 36.4 Å². The van der Waals surface area contributed by atoms with Crippen LogP contribution in [0.25, 0.3) is 0 Å². The Morgan fingerprint density at radius 1 is 1.03 bits per heavy atom. The molecule has 1 fully saturated rings. The van der Waals surface area contributed by atoms with E-state index in [-0.39, 0.29) is 29.5 Å². The highest BCUT2D eigenvalue weighted by atomic mass is 35.5. The highest BCUT2D eigenvalue weighted by Crippen LogP contribution is 2.20. The van der Waals surface area contributed by atoms with Crippen molar-refractivity contribution in [3.8, 4) is 0 Å². The first-order valence-corrected chi connectivity index (χ1v) is 10.3. The molecule has 0 aromatic heterocycles. The second-order valence-electron chi connectivity index (χ2n) is 7.24. The third-order valence-electron chi connectivity index (χ3n) is 4.65. The van der Waals surface area contributed by atoms with Crippen molar-refractivity contribution >= 4 is 52.6 Å². The zero-order valence-corrected chi connectivity index (χ0v) is 18.3. The van der Waals surface area contributed by atoms with Crippen molar-refractivity contribution in [1.29, 1.82) is 0 Å². The minimum atomic E-state index is -0.825. The van der Waals surface area contributed by atoms with E-state index in [0.717, 1.165) is 5.01 Å². The summed E-state index contributed by atoms with van der Waals surface area (Å²) in [6.45, 7) is 0.761. The molecule has 11 heteroatoms. The van der Waals surface area contributed by atoms with Crippen molar-refractivity contribution in [3.05, 3.63) is 59.1 Å². The van der Waals surface area contributed by atoms with Crippen molar-refractivity contribution in [3.63, 3.8) is 0 Å². The first-order valence-electron chi connectivity index (χ1n) is 9.93. The molecule has 33 heavy (non-hydrogen) atoms. The molecule has 172 valence electrons. The van der Waals surface area contributed by atoms with Crippen LogP contribution in [-0.2, 0) is 23.9 Å². The molecule has 0 aliphatic carbocycles. The molecule has 0 spiro atoms. The van der Waals surface area contributed by atoms with Gasteiger partial charge in [0.15, 0.2) is 6.61 Å². The quantitative estimate of drug-likeness (QED) is 0.527. The number of halogens is 1. The molecule has 0 unspecified atom stereocenters. The monoisotopic (exact) mass is 472 g/mol. The molecule has 3 rings (SSSR count). The van der Waals surface area contributed by atoms with Gasteiger partial charge in [-0.2, -0.15) is 0 Å². The third kappa shape index (κ3) is 6.53. The van der Waals surface area contributed by atoms with E-state index in [0.29, 0.717) is 11.4 Å². The normalized spacial score (nSPS) is 15.0. The van der Waals surface area contributed by atoms with E-state index in [9.17, 15) is 24.0 Å². The summed E-state index contributed by atoms with van der Waals surface area (Å²) in [5.74, 6) is -3.37. The van der Waals surface area contributed by atoms with E-state index in [1.165, 1.54) is 13.0 Å². The molecule has 0 radical (unpaired) electrons. The van der Waals surface area contributed by atoms with E-state index in [2.05, 4.69) is 16.1 Å². The molecule has 10 nitrogen and oxygen atoms in total. The maximum Gasteiger partial charge on any atom is 0.311 e. The zero-order chi connectivity index (χ0) is 24.0. The van der Waals surface area contributed by atoms with Crippen LogP contribution in [0.5, 0.6) is 0 Å². The number of nitrogens with one attached hydrogen (secondary N) is 3. The summed E-state index contributed by atoms with van der Waals surface area (Å²) >= 11 is 5.98. The third-order valence-corrected chi connectivity index (χ3v) is 4.98. The van der Waals surface area contributed by atoms with Crippen LogP contribution in [0.15, 0.2) is 48.5 Å². The number of rotatable bonds is 7. The van der Waals surface area contributed by atoms with Crippen molar-refractivity contribution in [2.24, 2.45) is 5.92 Å².